The quantitative estimate of drug-likeness (QED) is 0.0579. The highest BCUT2D eigenvalue weighted by molar-refractivity contribution is 6.17. The van der Waals surface area contributed by atoms with Crippen molar-refractivity contribution in [3.63, 3.8) is 0 Å². The lowest BCUT2D eigenvalue weighted by Gasteiger charge is -2.19. The summed E-state index contributed by atoms with van der Waals surface area (Å²) in [5.41, 5.74) is 4.79. The van der Waals surface area contributed by atoms with Gasteiger partial charge in [0.25, 0.3) is 0 Å². The molecule has 16 heteroatoms. The van der Waals surface area contributed by atoms with Gasteiger partial charge in [-0.2, -0.15) is 0 Å². The normalized spacial score (nSPS) is 12.2. The van der Waals surface area contributed by atoms with Gasteiger partial charge in [-0.15, -0.1) is 11.6 Å². The first-order chi connectivity index (χ1) is 30.7. The zero-order valence-electron chi connectivity index (χ0n) is 37.2. The first kappa shape index (κ1) is 53.9. The van der Waals surface area contributed by atoms with Crippen LogP contribution in [0.1, 0.15) is 42.7 Å². The monoisotopic (exact) mass is 899 g/mol. The summed E-state index contributed by atoms with van der Waals surface area (Å²) in [4.78, 5) is 14.2. The number of ether oxygens (including phenoxy) is 13. The Bertz CT molecular complexity index is 1300. The molecule has 0 saturated heterocycles. The Hall–Kier alpha value is -2.48. The van der Waals surface area contributed by atoms with Crippen LogP contribution in [0.2, 0.25) is 0 Å². The van der Waals surface area contributed by atoms with Crippen LogP contribution < -0.4 is 0 Å². The van der Waals surface area contributed by atoms with Crippen molar-refractivity contribution >= 4 is 17.7 Å². The van der Waals surface area contributed by atoms with E-state index in [9.17, 15) is 4.79 Å². The van der Waals surface area contributed by atoms with Gasteiger partial charge < -0.3 is 66.5 Å². The van der Waals surface area contributed by atoms with Crippen LogP contribution in [0, 0.1) is 0 Å². The summed E-state index contributed by atoms with van der Waals surface area (Å²) in [6, 6.07) is 16.6. The van der Waals surface area contributed by atoms with Crippen molar-refractivity contribution in [2.24, 2.45) is 0 Å². The molecule has 15 nitrogen and oxygen atoms in total. The molecule has 1 aliphatic rings. The van der Waals surface area contributed by atoms with Gasteiger partial charge in [0.2, 0.25) is 0 Å². The maximum absolute atomic E-state index is 12.6. The van der Waals surface area contributed by atoms with Crippen LogP contribution in [0.15, 0.2) is 48.5 Å². The Labute approximate surface area is 375 Å². The van der Waals surface area contributed by atoms with Crippen LogP contribution >= 0.6 is 11.6 Å². The molecule has 2 aromatic rings. The number of likely N-dealkylation sites (N-methyl/N-ethyl adjacent to an activating group) is 1. The van der Waals surface area contributed by atoms with Crippen LogP contribution in [-0.2, 0) is 61.6 Å². The van der Waals surface area contributed by atoms with Crippen LogP contribution in [0.25, 0.3) is 11.1 Å². The summed E-state index contributed by atoms with van der Waals surface area (Å²) in [5, 5.41) is 0. The summed E-state index contributed by atoms with van der Waals surface area (Å²) in [5.74, 6) is 0.775. The largest absolute Gasteiger partial charge is 0.448 e. The van der Waals surface area contributed by atoms with E-state index in [2.05, 4.69) is 24.3 Å². The molecular weight excluding hydrogens is 826 g/mol. The summed E-state index contributed by atoms with van der Waals surface area (Å²) in [7, 11) is 1.71. The van der Waals surface area contributed by atoms with Gasteiger partial charge in [-0.1, -0.05) is 61.4 Å². The highest BCUT2D eigenvalue weighted by Gasteiger charge is 2.29. The molecule has 0 aromatic heterocycles. The summed E-state index contributed by atoms with van der Waals surface area (Å²) in [6.07, 6.45) is 4.11. The van der Waals surface area contributed by atoms with Gasteiger partial charge in [0.05, 0.1) is 152 Å². The predicted octanol–water partition coefficient (Wildman–Crippen LogP) is 5.87. The molecule has 0 saturated carbocycles. The van der Waals surface area contributed by atoms with Crippen molar-refractivity contribution < 1.29 is 66.4 Å². The molecule has 0 unspecified atom stereocenters. The SMILES string of the molecule is CN(CCOCCOCCOCCOCCOCCOCCOCCOCCOCCOCCOCCOCCCCCCCl)C(=O)OCC1c2ccccc2-c2ccccc21. The Morgan fingerprint density at radius 1 is 0.435 bits per heavy atom. The second-order valence-corrected chi connectivity index (χ2v) is 14.6. The Balaban J connectivity index is 0.931. The fourth-order valence-electron chi connectivity index (χ4n) is 6.17. The van der Waals surface area contributed by atoms with E-state index >= 15 is 0 Å². The molecule has 0 bridgehead atoms. The summed E-state index contributed by atoms with van der Waals surface area (Å²) < 4.78 is 72.0. The lowest BCUT2D eigenvalue weighted by molar-refractivity contribution is -0.0284. The molecule has 1 aliphatic carbocycles. The number of hydrogen-bond acceptors (Lipinski definition) is 14. The molecule has 0 spiro atoms. The number of benzene rings is 2. The van der Waals surface area contributed by atoms with Crippen LogP contribution in [-0.4, -0.2) is 196 Å². The number of hydrogen-bond donors (Lipinski definition) is 0. The summed E-state index contributed by atoms with van der Waals surface area (Å²) >= 11 is 5.67. The second-order valence-electron chi connectivity index (χ2n) is 14.2. The fourth-order valence-corrected chi connectivity index (χ4v) is 6.36. The molecule has 0 radical (unpaired) electrons. The van der Waals surface area contributed by atoms with E-state index in [0.29, 0.717) is 165 Å². The number of fused-ring (bicyclic) bond motifs is 3. The second kappa shape index (κ2) is 38.9. The number of unbranched alkanes of at least 4 members (excludes halogenated alkanes) is 3. The Morgan fingerprint density at radius 3 is 1.10 bits per heavy atom. The number of alkyl halides is 1. The average Bonchev–Trinajstić information content (AvgIpc) is 3.61. The summed E-state index contributed by atoms with van der Waals surface area (Å²) in [6.45, 7) is 12.9. The van der Waals surface area contributed by atoms with Crippen LogP contribution in [0.4, 0.5) is 4.79 Å². The van der Waals surface area contributed by atoms with E-state index < -0.39 is 0 Å². The maximum Gasteiger partial charge on any atom is 0.409 e. The van der Waals surface area contributed by atoms with Crippen LogP contribution in [0.5, 0.6) is 0 Å². The standard InChI is InChI=1S/C46H74ClNO14/c1-48(46(49)62-40-45-43-12-6-4-10-41(43)42-11-5-7-13-44(42)45)15-17-51-19-21-53-23-25-55-27-29-57-31-33-59-35-37-61-39-38-60-36-34-58-32-30-56-28-26-54-24-22-52-20-18-50-16-9-3-2-8-14-47/h4-7,10-13,45H,2-3,8-9,14-40H2,1H3. The van der Waals surface area contributed by atoms with Gasteiger partial charge in [-0.05, 0) is 35.1 Å². The molecule has 0 atom stereocenters. The number of carbonyl (C=O) groups excluding carboxylic acids is 1. The Morgan fingerprint density at radius 2 is 0.742 bits per heavy atom. The topological polar surface area (TPSA) is 140 Å². The van der Waals surface area contributed by atoms with Gasteiger partial charge in [-0.3, -0.25) is 0 Å². The molecule has 2 aromatic carbocycles. The molecule has 354 valence electrons. The van der Waals surface area contributed by atoms with Gasteiger partial charge >= 0.3 is 6.09 Å². The van der Waals surface area contributed by atoms with Crippen molar-refractivity contribution in [2.45, 2.75) is 31.6 Å². The number of carbonyl (C=O) groups is 1. The molecular formula is C46H74ClNO14. The highest BCUT2D eigenvalue weighted by atomic mass is 35.5. The lowest BCUT2D eigenvalue weighted by atomic mass is 9.98. The van der Waals surface area contributed by atoms with Crippen molar-refractivity contribution in [3.8, 4) is 11.1 Å². The van der Waals surface area contributed by atoms with Gasteiger partial charge in [-0.25, -0.2) is 4.79 Å². The van der Waals surface area contributed by atoms with Crippen molar-refractivity contribution in [1.82, 2.24) is 4.90 Å². The predicted molar refractivity (Wildman–Crippen MR) is 237 cm³/mol. The van der Waals surface area contributed by atoms with E-state index in [4.69, 9.17) is 73.2 Å². The molecule has 0 aliphatic heterocycles. The van der Waals surface area contributed by atoms with Crippen molar-refractivity contribution in [1.29, 1.82) is 0 Å². The number of nitrogens with zero attached hydrogens (tertiary/aromatic N) is 1. The molecule has 3 rings (SSSR count). The molecule has 0 fully saturated rings. The third-order valence-corrected chi connectivity index (χ3v) is 9.75. The minimum Gasteiger partial charge on any atom is -0.448 e. The zero-order chi connectivity index (χ0) is 43.8. The minimum absolute atomic E-state index is 0.0363. The molecule has 0 heterocycles. The average molecular weight is 901 g/mol. The third-order valence-electron chi connectivity index (χ3n) is 9.48. The van der Waals surface area contributed by atoms with E-state index in [1.165, 1.54) is 33.6 Å². The van der Waals surface area contributed by atoms with Crippen molar-refractivity contribution in [3.05, 3.63) is 59.7 Å². The number of halogens is 1. The smallest absolute Gasteiger partial charge is 0.409 e. The lowest BCUT2D eigenvalue weighted by Crippen LogP contribution is -2.32. The fraction of sp³-hybridized carbons (Fsp3) is 0.717. The van der Waals surface area contributed by atoms with Gasteiger partial charge in [0, 0.05) is 32.0 Å². The molecule has 1 amide bonds. The highest BCUT2D eigenvalue weighted by Crippen LogP contribution is 2.44. The first-order valence-electron chi connectivity index (χ1n) is 22.3. The van der Waals surface area contributed by atoms with Crippen LogP contribution in [0.3, 0.4) is 0 Å². The van der Waals surface area contributed by atoms with E-state index in [0.717, 1.165) is 31.7 Å². The zero-order valence-corrected chi connectivity index (χ0v) is 37.9. The molecule has 62 heavy (non-hydrogen) atoms. The number of amides is 1. The maximum atomic E-state index is 12.6. The third kappa shape index (κ3) is 26.3. The van der Waals surface area contributed by atoms with E-state index in [-0.39, 0.29) is 12.0 Å². The first-order valence-corrected chi connectivity index (χ1v) is 22.8. The Kier molecular flexibility index (Phi) is 33.8. The van der Waals surface area contributed by atoms with Crippen molar-refractivity contribution in [2.75, 3.05) is 185 Å². The number of rotatable bonds is 44. The van der Waals surface area contributed by atoms with E-state index in [1.807, 2.05) is 24.3 Å². The van der Waals surface area contributed by atoms with Gasteiger partial charge in [0.15, 0.2) is 0 Å². The minimum atomic E-state index is -0.365. The van der Waals surface area contributed by atoms with E-state index in [1.54, 1.807) is 7.05 Å². The van der Waals surface area contributed by atoms with Gasteiger partial charge in [0.1, 0.15) is 6.61 Å². The molecule has 0 N–H and O–H groups in total.